The number of carbonyl (C=O) groups excluding carboxylic acids is 1. The van der Waals surface area contributed by atoms with Gasteiger partial charge in [-0.05, 0) is 61.4 Å². The van der Waals surface area contributed by atoms with Crippen LogP contribution in [-0.4, -0.2) is 36.0 Å². The number of benzene rings is 2. The molecule has 0 bridgehead atoms. The number of hydrogen-bond acceptors (Lipinski definition) is 2. The van der Waals surface area contributed by atoms with Gasteiger partial charge >= 0.3 is 0 Å². The molecule has 3 aromatic rings. The van der Waals surface area contributed by atoms with Crippen LogP contribution in [0.5, 0.6) is 5.75 Å². The SMILES string of the molecule is COc1ccc2[nH]c(C(=O)N3CCC(Cc4ccccc4)CC3)c(C)c2c1. The summed E-state index contributed by atoms with van der Waals surface area (Å²) in [6.07, 6.45) is 3.23. The molecule has 0 aliphatic carbocycles. The molecule has 0 unspecified atom stereocenters. The quantitative estimate of drug-likeness (QED) is 0.738. The van der Waals surface area contributed by atoms with E-state index in [-0.39, 0.29) is 5.91 Å². The van der Waals surface area contributed by atoms with Crippen LogP contribution in [0.15, 0.2) is 48.5 Å². The van der Waals surface area contributed by atoms with Gasteiger partial charge in [-0.1, -0.05) is 30.3 Å². The number of nitrogens with one attached hydrogen (secondary N) is 1. The van der Waals surface area contributed by atoms with Crippen molar-refractivity contribution in [1.82, 2.24) is 9.88 Å². The Morgan fingerprint density at radius 3 is 2.59 bits per heavy atom. The first kappa shape index (κ1) is 17.7. The molecule has 0 radical (unpaired) electrons. The fraction of sp³-hybridized carbons (Fsp3) is 0.348. The van der Waals surface area contributed by atoms with Crippen molar-refractivity contribution in [2.75, 3.05) is 20.2 Å². The molecule has 27 heavy (non-hydrogen) atoms. The Morgan fingerprint density at radius 2 is 1.89 bits per heavy atom. The number of aromatic nitrogens is 1. The van der Waals surface area contributed by atoms with Gasteiger partial charge in [0.1, 0.15) is 11.4 Å². The van der Waals surface area contributed by atoms with Gasteiger partial charge in [0, 0.05) is 24.0 Å². The Kier molecular flexibility index (Phi) is 4.88. The van der Waals surface area contributed by atoms with E-state index < -0.39 is 0 Å². The molecular formula is C23H26N2O2. The highest BCUT2D eigenvalue weighted by molar-refractivity contribution is 6.01. The summed E-state index contributed by atoms with van der Waals surface area (Å²) in [5.41, 5.74) is 4.08. The third kappa shape index (κ3) is 3.57. The second kappa shape index (κ2) is 7.47. The zero-order valence-electron chi connectivity index (χ0n) is 16.0. The zero-order valence-corrected chi connectivity index (χ0v) is 16.0. The first-order chi connectivity index (χ1) is 13.2. The highest BCUT2D eigenvalue weighted by Crippen LogP contribution is 2.28. The van der Waals surface area contributed by atoms with Crippen molar-refractivity contribution >= 4 is 16.8 Å². The van der Waals surface area contributed by atoms with E-state index in [2.05, 4.69) is 35.3 Å². The van der Waals surface area contributed by atoms with Crippen molar-refractivity contribution in [2.24, 2.45) is 5.92 Å². The molecule has 1 fully saturated rings. The Bertz CT molecular complexity index is 938. The number of ether oxygens (including phenoxy) is 1. The van der Waals surface area contributed by atoms with E-state index in [0.717, 1.165) is 54.6 Å². The third-order valence-corrected chi connectivity index (χ3v) is 5.75. The number of aromatic amines is 1. The minimum absolute atomic E-state index is 0.112. The van der Waals surface area contributed by atoms with Crippen LogP contribution >= 0.6 is 0 Å². The molecule has 4 rings (SSSR count). The normalized spacial score (nSPS) is 15.3. The Balaban J connectivity index is 1.45. The highest BCUT2D eigenvalue weighted by atomic mass is 16.5. The van der Waals surface area contributed by atoms with Crippen LogP contribution in [0, 0.1) is 12.8 Å². The molecular weight excluding hydrogens is 336 g/mol. The number of amides is 1. The maximum atomic E-state index is 13.1. The minimum atomic E-state index is 0.112. The molecule has 1 aromatic heterocycles. The average molecular weight is 362 g/mol. The lowest BCUT2D eigenvalue weighted by Crippen LogP contribution is -2.39. The number of likely N-dealkylation sites (tertiary alicyclic amines) is 1. The van der Waals surface area contributed by atoms with Gasteiger partial charge in [0.25, 0.3) is 5.91 Å². The molecule has 1 N–H and O–H groups in total. The van der Waals surface area contributed by atoms with E-state index in [9.17, 15) is 4.79 Å². The maximum Gasteiger partial charge on any atom is 0.270 e. The van der Waals surface area contributed by atoms with Crippen LogP contribution in [0.4, 0.5) is 0 Å². The van der Waals surface area contributed by atoms with Crippen LogP contribution < -0.4 is 4.74 Å². The van der Waals surface area contributed by atoms with Crippen molar-refractivity contribution in [3.63, 3.8) is 0 Å². The van der Waals surface area contributed by atoms with Crippen molar-refractivity contribution < 1.29 is 9.53 Å². The lowest BCUT2D eigenvalue weighted by Gasteiger charge is -2.32. The molecule has 2 aromatic carbocycles. The molecule has 1 aliphatic heterocycles. The number of rotatable bonds is 4. The topological polar surface area (TPSA) is 45.3 Å². The largest absolute Gasteiger partial charge is 0.497 e. The van der Waals surface area contributed by atoms with Gasteiger partial charge in [-0.25, -0.2) is 0 Å². The number of nitrogens with zero attached hydrogens (tertiary/aromatic N) is 1. The smallest absolute Gasteiger partial charge is 0.270 e. The number of aryl methyl sites for hydroxylation is 1. The zero-order chi connectivity index (χ0) is 18.8. The van der Waals surface area contributed by atoms with E-state index in [1.807, 2.05) is 30.0 Å². The third-order valence-electron chi connectivity index (χ3n) is 5.75. The average Bonchev–Trinajstić information content (AvgIpc) is 3.05. The molecule has 0 spiro atoms. The van der Waals surface area contributed by atoms with Crippen molar-refractivity contribution in [2.45, 2.75) is 26.2 Å². The van der Waals surface area contributed by atoms with Gasteiger partial charge in [0.05, 0.1) is 7.11 Å². The van der Waals surface area contributed by atoms with Crippen LogP contribution in [0.2, 0.25) is 0 Å². The lowest BCUT2D eigenvalue weighted by molar-refractivity contribution is 0.0685. The second-order valence-corrected chi connectivity index (χ2v) is 7.46. The molecule has 0 saturated carbocycles. The number of hydrogen-bond donors (Lipinski definition) is 1. The lowest BCUT2D eigenvalue weighted by atomic mass is 9.90. The number of H-pyrrole nitrogens is 1. The van der Waals surface area contributed by atoms with E-state index in [1.165, 1.54) is 5.56 Å². The predicted octanol–water partition coefficient (Wildman–Crippen LogP) is 4.58. The fourth-order valence-corrected chi connectivity index (χ4v) is 4.09. The predicted molar refractivity (Wildman–Crippen MR) is 108 cm³/mol. The molecule has 4 nitrogen and oxygen atoms in total. The van der Waals surface area contributed by atoms with Gasteiger partial charge in [0.15, 0.2) is 0 Å². The number of methoxy groups -OCH3 is 1. The van der Waals surface area contributed by atoms with Crippen molar-refractivity contribution in [1.29, 1.82) is 0 Å². The van der Waals surface area contributed by atoms with Crippen molar-refractivity contribution in [3.05, 3.63) is 65.4 Å². The summed E-state index contributed by atoms with van der Waals surface area (Å²) in [4.78, 5) is 18.4. The first-order valence-electron chi connectivity index (χ1n) is 9.65. The Hall–Kier alpha value is -2.75. The summed E-state index contributed by atoms with van der Waals surface area (Å²) in [5.74, 6) is 1.58. The number of fused-ring (bicyclic) bond motifs is 1. The van der Waals surface area contributed by atoms with Gasteiger partial charge in [-0.2, -0.15) is 0 Å². The van der Waals surface area contributed by atoms with Gasteiger partial charge in [0.2, 0.25) is 0 Å². The molecule has 1 aliphatic rings. The minimum Gasteiger partial charge on any atom is -0.497 e. The van der Waals surface area contributed by atoms with Crippen LogP contribution in [0.25, 0.3) is 10.9 Å². The summed E-state index contributed by atoms with van der Waals surface area (Å²) in [6, 6.07) is 16.5. The van der Waals surface area contributed by atoms with Crippen LogP contribution in [0.3, 0.4) is 0 Å². The summed E-state index contributed by atoms with van der Waals surface area (Å²) in [7, 11) is 1.66. The van der Waals surface area contributed by atoms with Crippen LogP contribution in [0.1, 0.15) is 34.5 Å². The summed E-state index contributed by atoms with van der Waals surface area (Å²) in [6.45, 7) is 3.66. The second-order valence-electron chi connectivity index (χ2n) is 7.46. The molecule has 1 saturated heterocycles. The fourth-order valence-electron chi connectivity index (χ4n) is 4.09. The first-order valence-corrected chi connectivity index (χ1v) is 9.65. The molecule has 4 heteroatoms. The van der Waals surface area contributed by atoms with E-state index in [1.54, 1.807) is 7.11 Å². The highest BCUT2D eigenvalue weighted by Gasteiger charge is 2.26. The molecule has 1 amide bonds. The Labute approximate surface area is 160 Å². The molecule has 2 heterocycles. The summed E-state index contributed by atoms with van der Waals surface area (Å²) in [5, 5.41) is 1.05. The standard InChI is InChI=1S/C23H26N2O2/c1-16-20-15-19(27-2)8-9-21(20)24-22(16)23(26)25-12-10-18(11-13-25)14-17-6-4-3-5-7-17/h3-9,15,18,24H,10-14H2,1-2H3. The van der Waals surface area contributed by atoms with E-state index >= 15 is 0 Å². The van der Waals surface area contributed by atoms with E-state index in [4.69, 9.17) is 4.74 Å². The van der Waals surface area contributed by atoms with Gasteiger partial charge in [-0.3, -0.25) is 4.79 Å². The van der Waals surface area contributed by atoms with Gasteiger partial charge < -0.3 is 14.6 Å². The monoisotopic (exact) mass is 362 g/mol. The molecule has 140 valence electrons. The number of piperidine rings is 1. The summed E-state index contributed by atoms with van der Waals surface area (Å²) < 4.78 is 5.31. The Morgan fingerprint density at radius 1 is 1.15 bits per heavy atom. The maximum absolute atomic E-state index is 13.1. The molecule has 0 atom stereocenters. The number of carbonyl (C=O) groups is 1. The van der Waals surface area contributed by atoms with Gasteiger partial charge in [-0.15, -0.1) is 0 Å². The van der Waals surface area contributed by atoms with Crippen LogP contribution in [-0.2, 0) is 6.42 Å². The summed E-state index contributed by atoms with van der Waals surface area (Å²) >= 11 is 0. The van der Waals surface area contributed by atoms with Crippen molar-refractivity contribution in [3.8, 4) is 5.75 Å². The van der Waals surface area contributed by atoms with E-state index in [0.29, 0.717) is 11.6 Å².